The van der Waals surface area contributed by atoms with Gasteiger partial charge < -0.3 is 23.8 Å². The number of likely N-dealkylation sites (tertiary alicyclic amines) is 1. The van der Waals surface area contributed by atoms with E-state index in [4.69, 9.17) is 14.0 Å². The number of benzene rings is 1. The average molecular weight is 371 g/mol. The molecule has 2 fully saturated rings. The molecule has 4 rings (SSSR count). The molecule has 2 atom stereocenters. The molecule has 0 saturated carbocycles. The van der Waals surface area contributed by atoms with Gasteiger partial charge in [-0.05, 0) is 10.7 Å². The molecule has 8 heteroatoms. The topological polar surface area (TPSA) is 85.1 Å². The quantitative estimate of drug-likeness (QED) is 0.805. The second kappa shape index (κ2) is 6.70. The van der Waals surface area contributed by atoms with Crippen LogP contribution in [0.3, 0.4) is 0 Å². The van der Waals surface area contributed by atoms with E-state index in [1.807, 2.05) is 30.3 Å². The first-order valence-electron chi connectivity index (χ1n) is 8.79. The molecule has 0 radical (unpaired) electrons. The van der Waals surface area contributed by atoms with Gasteiger partial charge in [-0.15, -0.1) is 0 Å². The molecule has 8 nitrogen and oxygen atoms in total. The molecule has 2 aliphatic rings. The van der Waals surface area contributed by atoms with Crippen LogP contribution in [0.5, 0.6) is 5.88 Å². The Morgan fingerprint density at radius 2 is 2.11 bits per heavy atom. The predicted octanol–water partition coefficient (Wildman–Crippen LogP) is 1.15. The lowest BCUT2D eigenvalue weighted by atomic mass is 9.83. The molecule has 2 aromatic rings. The van der Waals surface area contributed by atoms with Crippen molar-refractivity contribution in [1.29, 1.82) is 0 Å². The van der Waals surface area contributed by atoms with Gasteiger partial charge in [0.15, 0.2) is 5.60 Å². The van der Waals surface area contributed by atoms with Crippen molar-refractivity contribution in [2.75, 3.05) is 40.4 Å². The number of likely N-dealkylation sites (N-methyl/N-ethyl adjacent to an activating group) is 1. The average Bonchev–Trinajstić information content (AvgIpc) is 3.28. The SMILES string of the molecule is COc1cc(C(=O)N2CCOC3(C2)C(=O)N(C)CC3c2ccccc2)on1. The Bertz CT molecular complexity index is 852. The minimum absolute atomic E-state index is 0.0824. The fourth-order valence-electron chi connectivity index (χ4n) is 3.91. The molecular weight excluding hydrogens is 350 g/mol. The molecule has 142 valence electrons. The van der Waals surface area contributed by atoms with E-state index in [0.29, 0.717) is 13.1 Å². The lowest BCUT2D eigenvalue weighted by molar-refractivity contribution is -0.159. The van der Waals surface area contributed by atoms with Crippen molar-refractivity contribution in [2.24, 2.45) is 0 Å². The Balaban J connectivity index is 1.64. The summed E-state index contributed by atoms with van der Waals surface area (Å²) in [5.41, 5.74) is -0.0699. The Kier molecular flexibility index (Phi) is 4.35. The standard InChI is InChI=1S/C19H21N3O5/c1-21-11-14(13-6-4-3-5-7-13)19(18(21)24)12-22(8-9-26-19)17(23)15-10-16(25-2)20-27-15/h3-7,10,14H,8-9,11-12H2,1-2H3. The lowest BCUT2D eigenvalue weighted by Crippen LogP contribution is -2.59. The zero-order valence-electron chi connectivity index (χ0n) is 15.3. The summed E-state index contributed by atoms with van der Waals surface area (Å²) in [6.07, 6.45) is 0. The molecule has 2 unspecified atom stereocenters. The first-order chi connectivity index (χ1) is 13.0. The van der Waals surface area contributed by atoms with E-state index < -0.39 is 5.60 Å². The smallest absolute Gasteiger partial charge is 0.292 e. The Morgan fingerprint density at radius 1 is 1.33 bits per heavy atom. The number of methoxy groups -OCH3 is 1. The van der Waals surface area contributed by atoms with Crippen molar-refractivity contribution >= 4 is 11.8 Å². The summed E-state index contributed by atoms with van der Waals surface area (Å²) >= 11 is 0. The number of ether oxygens (including phenoxy) is 2. The molecule has 1 aromatic heterocycles. The van der Waals surface area contributed by atoms with Crippen LogP contribution >= 0.6 is 0 Å². The number of hydrogen-bond donors (Lipinski definition) is 0. The molecule has 27 heavy (non-hydrogen) atoms. The molecule has 1 spiro atoms. The van der Waals surface area contributed by atoms with Crippen LogP contribution in [0.4, 0.5) is 0 Å². The summed E-state index contributed by atoms with van der Waals surface area (Å²) in [5, 5.41) is 3.68. The number of nitrogens with zero attached hydrogens (tertiary/aromatic N) is 3. The van der Waals surface area contributed by atoms with E-state index >= 15 is 0 Å². The van der Waals surface area contributed by atoms with Crippen LogP contribution in [0.25, 0.3) is 0 Å². The number of amides is 2. The highest BCUT2D eigenvalue weighted by atomic mass is 16.5. The summed E-state index contributed by atoms with van der Waals surface area (Å²) in [6.45, 7) is 1.36. The van der Waals surface area contributed by atoms with Gasteiger partial charge in [0.25, 0.3) is 17.7 Å². The molecule has 3 heterocycles. The molecule has 2 aliphatic heterocycles. The molecule has 2 saturated heterocycles. The van der Waals surface area contributed by atoms with Gasteiger partial charge in [-0.25, -0.2) is 0 Å². The lowest BCUT2D eigenvalue weighted by Gasteiger charge is -2.41. The van der Waals surface area contributed by atoms with Gasteiger partial charge in [0.2, 0.25) is 5.76 Å². The van der Waals surface area contributed by atoms with Crippen LogP contribution in [0, 0.1) is 0 Å². The van der Waals surface area contributed by atoms with E-state index in [2.05, 4.69) is 5.16 Å². The van der Waals surface area contributed by atoms with E-state index in [-0.39, 0.29) is 42.5 Å². The Labute approximate surface area is 156 Å². The number of hydrogen-bond acceptors (Lipinski definition) is 6. The molecule has 0 N–H and O–H groups in total. The third kappa shape index (κ3) is 2.86. The molecule has 2 amide bonds. The largest absolute Gasteiger partial charge is 0.479 e. The summed E-state index contributed by atoms with van der Waals surface area (Å²) in [6, 6.07) is 11.2. The van der Waals surface area contributed by atoms with Crippen molar-refractivity contribution in [3.63, 3.8) is 0 Å². The van der Waals surface area contributed by atoms with E-state index in [1.165, 1.54) is 13.2 Å². The van der Waals surface area contributed by atoms with Crippen LogP contribution in [0.1, 0.15) is 22.0 Å². The van der Waals surface area contributed by atoms with Crippen molar-refractivity contribution in [1.82, 2.24) is 15.0 Å². The number of carbonyl (C=O) groups excluding carboxylic acids is 2. The number of aromatic nitrogens is 1. The monoisotopic (exact) mass is 371 g/mol. The Morgan fingerprint density at radius 3 is 2.81 bits per heavy atom. The number of carbonyl (C=O) groups is 2. The third-order valence-corrected chi connectivity index (χ3v) is 5.27. The van der Waals surface area contributed by atoms with Crippen LogP contribution in [0.2, 0.25) is 0 Å². The second-order valence-corrected chi connectivity index (χ2v) is 6.85. The van der Waals surface area contributed by atoms with Crippen LogP contribution in [0.15, 0.2) is 40.9 Å². The first-order valence-corrected chi connectivity index (χ1v) is 8.79. The van der Waals surface area contributed by atoms with Gasteiger partial charge in [-0.3, -0.25) is 9.59 Å². The van der Waals surface area contributed by atoms with Crippen LogP contribution in [-0.4, -0.2) is 72.8 Å². The zero-order valence-corrected chi connectivity index (χ0v) is 15.3. The fraction of sp³-hybridized carbons (Fsp3) is 0.421. The van der Waals surface area contributed by atoms with Crippen LogP contribution in [-0.2, 0) is 9.53 Å². The molecule has 0 bridgehead atoms. The fourth-order valence-corrected chi connectivity index (χ4v) is 3.91. The summed E-state index contributed by atoms with van der Waals surface area (Å²) < 4.78 is 16.1. The van der Waals surface area contributed by atoms with Crippen molar-refractivity contribution in [3.8, 4) is 5.88 Å². The highest BCUT2D eigenvalue weighted by molar-refractivity contribution is 5.94. The number of morpholine rings is 1. The third-order valence-electron chi connectivity index (χ3n) is 5.27. The minimum Gasteiger partial charge on any atom is -0.479 e. The number of rotatable bonds is 3. The normalized spacial score (nSPS) is 25.3. The van der Waals surface area contributed by atoms with E-state index in [9.17, 15) is 9.59 Å². The van der Waals surface area contributed by atoms with Crippen molar-refractivity contribution in [2.45, 2.75) is 11.5 Å². The maximum absolute atomic E-state index is 13.0. The van der Waals surface area contributed by atoms with Gasteiger partial charge in [0.1, 0.15) is 0 Å². The van der Waals surface area contributed by atoms with Gasteiger partial charge in [-0.2, -0.15) is 0 Å². The Hall–Kier alpha value is -2.87. The summed E-state index contributed by atoms with van der Waals surface area (Å²) in [5.74, 6) is -0.276. The highest BCUT2D eigenvalue weighted by Gasteiger charge is 2.57. The van der Waals surface area contributed by atoms with Crippen molar-refractivity contribution < 1.29 is 23.6 Å². The summed E-state index contributed by atoms with van der Waals surface area (Å²) in [4.78, 5) is 29.1. The molecule has 0 aliphatic carbocycles. The highest BCUT2D eigenvalue weighted by Crippen LogP contribution is 2.41. The predicted molar refractivity (Wildman–Crippen MR) is 94.5 cm³/mol. The summed E-state index contributed by atoms with van der Waals surface area (Å²) in [7, 11) is 3.21. The van der Waals surface area contributed by atoms with Crippen molar-refractivity contribution in [3.05, 3.63) is 47.7 Å². The molecular formula is C19H21N3O5. The molecule has 1 aromatic carbocycles. The van der Waals surface area contributed by atoms with Gasteiger partial charge in [0, 0.05) is 26.1 Å². The maximum Gasteiger partial charge on any atom is 0.292 e. The van der Waals surface area contributed by atoms with Crippen LogP contribution < -0.4 is 4.74 Å². The van der Waals surface area contributed by atoms with Gasteiger partial charge in [0.05, 0.1) is 26.3 Å². The minimum atomic E-state index is -1.09. The van der Waals surface area contributed by atoms with Gasteiger partial charge in [-0.1, -0.05) is 30.3 Å². The zero-order chi connectivity index (χ0) is 19.0. The second-order valence-electron chi connectivity index (χ2n) is 6.85. The first kappa shape index (κ1) is 17.5. The van der Waals surface area contributed by atoms with Gasteiger partial charge >= 0.3 is 0 Å². The van der Waals surface area contributed by atoms with E-state index in [0.717, 1.165) is 5.56 Å². The maximum atomic E-state index is 13.0. The van der Waals surface area contributed by atoms with E-state index in [1.54, 1.807) is 16.8 Å².